The first-order valence-corrected chi connectivity index (χ1v) is 6.26. The summed E-state index contributed by atoms with van der Waals surface area (Å²) in [6.45, 7) is -1.10. The summed E-state index contributed by atoms with van der Waals surface area (Å²) in [4.78, 5) is 23.6. The van der Waals surface area contributed by atoms with Crippen molar-refractivity contribution in [2.75, 3.05) is 21.1 Å². The summed E-state index contributed by atoms with van der Waals surface area (Å²) >= 11 is 0. The number of ether oxygens (including phenoxy) is 3. The highest BCUT2D eigenvalue weighted by atomic mass is 19.1. The number of methoxy groups -OCH3 is 2. The van der Waals surface area contributed by atoms with Crippen molar-refractivity contribution in [3.63, 3.8) is 0 Å². The van der Waals surface area contributed by atoms with E-state index in [1.807, 2.05) is 0 Å². The van der Waals surface area contributed by atoms with Crippen molar-refractivity contribution in [3.05, 3.63) is 46.1 Å². The van der Waals surface area contributed by atoms with Crippen LogP contribution in [0.1, 0.15) is 10.5 Å². The monoisotopic (exact) mass is 326 g/mol. The van der Waals surface area contributed by atoms with Gasteiger partial charge in [-0.25, -0.2) is 18.3 Å². The quantitative estimate of drug-likeness (QED) is 0.774. The molecule has 7 nitrogen and oxygen atoms in total. The molecule has 0 saturated carbocycles. The second-order valence-corrected chi connectivity index (χ2v) is 4.18. The van der Waals surface area contributed by atoms with Gasteiger partial charge in [-0.3, -0.25) is 4.79 Å². The Morgan fingerprint density at radius 1 is 1.35 bits per heavy atom. The van der Waals surface area contributed by atoms with Crippen molar-refractivity contribution in [2.45, 2.75) is 0 Å². The van der Waals surface area contributed by atoms with E-state index in [9.17, 15) is 18.4 Å². The van der Waals surface area contributed by atoms with Crippen molar-refractivity contribution in [3.8, 4) is 17.2 Å². The van der Waals surface area contributed by atoms with Crippen molar-refractivity contribution in [2.24, 2.45) is 0 Å². The largest absolute Gasteiger partial charge is 0.491 e. The topological polar surface area (TPSA) is 79.7 Å². The normalized spacial score (nSPS) is 10.3. The Labute approximate surface area is 129 Å². The van der Waals surface area contributed by atoms with Gasteiger partial charge in [-0.2, -0.15) is 5.10 Å². The number of nitrogens with zero attached hydrogens (tertiary/aromatic N) is 2. The van der Waals surface area contributed by atoms with Crippen LogP contribution in [0.25, 0.3) is 5.69 Å². The summed E-state index contributed by atoms with van der Waals surface area (Å²) in [5.41, 5.74) is -1.44. The molecule has 0 aliphatic heterocycles. The Hall–Kier alpha value is -2.97. The van der Waals surface area contributed by atoms with Gasteiger partial charge in [0.2, 0.25) is 12.6 Å². The Kier molecular flexibility index (Phi) is 4.89. The molecule has 0 N–H and O–H groups in total. The number of aromatic nitrogens is 2. The molecule has 23 heavy (non-hydrogen) atoms. The Bertz CT molecular complexity index is 791. The molecule has 122 valence electrons. The van der Waals surface area contributed by atoms with E-state index in [-0.39, 0.29) is 17.2 Å². The zero-order valence-electron chi connectivity index (χ0n) is 12.2. The molecule has 0 amide bonds. The number of benzene rings is 1. The molecular formula is C14H12F2N2O5. The van der Waals surface area contributed by atoms with E-state index in [0.717, 1.165) is 24.1 Å². The van der Waals surface area contributed by atoms with Gasteiger partial charge < -0.3 is 14.2 Å². The maximum atomic E-state index is 14.1. The number of alkyl halides is 1. The molecule has 0 aliphatic carbocycles. The summed E-state index contributed by atoms with van der Waals surface area (Å²) in [5, 5.41) is 3.75. The van der Waals surface area contributed by atoms with Crippen molar-refractivity contribution in [1.82, 2.24) is 9.78 Å². The molecule has 0 atom stereocenters. The number of hydrogen-bond donors (Lipinski definition) is 0. The number of hydrogen-bond acceptors (Lipinski definition) is 6. The predicted molar refractivity (Wildman–Crippen MR) is 74.3 cm³/mol. The molecule has 0 aliphatic rings. The minimum absolute atomic E-state index is 0.0186. The number of rotatable bonds is 5. The van der Waals surface area contributed by atoms with Crippen LogP contribution in [0.5, 0.6) is 11.5 Å². The smallest absolute Gasteiger partial charge is 0.362 e. The van der Waals surface area contributed by atoms with Crippen molar-refractivity contribution < 1.29 is 27.8 Å². The van der Waals surface area contributed by atoms with Crippen LogP contribution in [0.15, 0.2) is 29.2 Å². The number of halogens is 2. The standard InChI is InChI=1S/C14H12F2N2O5/c1-21-11-6-18(17-12(13(11)19)14(20)22-2)10-4-3-8(23-7-15)5-9(10)16/h3-6H,7H2,1-2H3. The van der Waals surface area contributed by atoms with Crippen LogP contribution in [0.4, 0.5) is 8.78 Å². The van der Waals surface area contributed by atoms with Gasteiger partial charge >= 0.3 is 5.97 Å². The van der Waals surface area contributed by atoms with Gasteiger partial charge in [0, 0.05) is 6.07 Å². The van der Waals surface area contributed by atoms with E-state index in [1.165, 1.54) is 19.2 Å². The highest BCUT2D eigenvalue weighted by molar-refractivity contribution is 5.87. The molecule has 1 aromatic heterocycles. The maximum Gasteiger partial charge on any atom is 0.362 e. The highest BCUT2D eigenvalue weighted by Gasteiger charge is 2.19. The first-order chi connectivity index (χ1) is 11.0. The lowest BCUT2D eigenvalue weighted by atomic mass is 10.3. The molecule has 2 rings (SSSR count). The van der Waals surface area contributed by atoms with Crippen LogP contribution in [-0.2, 0) is 4.74 Å². The summed E-state index contributed by atoms with van der Waals surface area (Å²) < 4.78 is 41.0. The molecule has 1 aromatic carbocycles. The summed E-state index contributed by atoms with van der Waals surface area (Å²) in [6, 6.07) is 3.50. The average molecular weight is 326 g/mol. The van der Waals surface area contributed by atoms with E-state index in [2.05, 4.69) is 14.6 Å². The third kappa shape index (κ3) is 3.28. The molecule has 0 saturated heterocycles. The van der Waals surface area contributed by atoms with Crippen LogP contribution in [0, 0.1) is 5.82 Å². The maximum absolute atomic E-state index is 14.1. The minimum Gasteiger partial charge on any atom is -0.491 e. The van der Waals surface area contributed by atoms with Crippen molar-refractivity contribution in [1.29, 1.82) is 0 Å². The molecule has 0 radical (unpaired) electrons. The first kappa shape index (κ1) is 16.4. The SMILES string of the molecule is COC(=O)c1nn(-c2ccc(OCF)cc2F)cc(OC)c1=O. The number of carbonyl (C=O) groups is 1. The third-order valence-corrected chi connectivity index (χ3v) is 2.87. The molecular weight excluding hydrogens is 314 g/mol. The molecule has 0 spiro atoms. The van der Waals surface area contributed by atoms with E-state index >= 15 is 0 Å². The van der Waals surface area contributed by atoms with Gasteiger partial charge in [0.15, 0.2) is 11.6 Å². The van der Waals surface area contributed by atoms with Crippen LogP contribution in [-0.4, -0.2) is 36.8 Å². The molecule has 0 unspecified atom stereocenters. The second-order valence-electron chi connectivity index (χ2n) is 4.18. The fourth-order valence-corrected chi connectivity index (χ4v) is 1.79. The molecule has 0 fully saturated rings. The van der Waals surface area contributed by atoms with Crippen LogP contribution >= 0.6 is 0 Å². The Morgan fingerprint density at radius 2 is 2.09 bits per heavy atom. The Balaban J connectivity index is 2.59. The van der Waals surface area contributed by atoms with Gasteiger partial charge in [-0.1, -0.05) is 0 Å². The summed E-state index contributed by atoms with van der Waals surface area (Å²) in [5.74, 6) is -2.02. The lowest BCUT2D eigenvalue weighted by Gasteiger charge is -2.11. The van der Waals surface area contributed by atoms with Gasteiger partial charge in [-0.05, 0) is 12.1 Å². The number of carbonyl (C=O) groups excluding carboxylic acids is 1. The number of esters is 1. The van der Waals surface area contributed by atoms with Gasteiger partial charge in [0.25, 0.3) is 5.43 Å². The molecule has 2 aromatic rings. The van der Waals surface area contributed by atoms with Crippen molar-refractivity contribution >= 4 is 5.97 Å². The van der Waals surface area contributed by atoms with Gasteiger partial charge in [0.05, 0.1) is 20.4 Å². The van der Waals surface area contributed by atoms with E-state index < -0.39 is 29.8 Å². The fourth-order valence-electron chi connectivity index (χ4n) is 1.79. The van der Waals surface area contributed by atoms with Gasteiger partial charge in [0.1, 0.15) is 11.4 Å². The predicted octanol–water partition coefficient (Wildman–Crippen LogP) is 1.47. The van der Waals surface area contributed by atoms with E-state index in [0.29, 0.717) is 0 Å². The second kappa shape index (κ2) is 6.86. The first-order valence-electron chi connectivity index (χ1n) is 6.26. The van der Waals surface area contributed by atoms with Crippen LogP contribution in [0.3, 0.4) is 0 Å². The average Bonchev–Trinajstić information content (AvgIpc) is 2.55. The summed E-state index contributed by atoms with van der Waals surface area (Å²) in [6.07, 6.45) is 1.11. The molecule has 9 heteroatoms. The lowest BCUT2D eigenvalue weighted by molar-refractivity contribution is 0.0589. The third-order valence-electron chi connectivity index (χ3n) is 2.87. The van der Waals surface area contributed by atoms with Crippen LogP contribution < -0.4 is 14.9 Å². The van der Waals surface area contributed by atoms with Crippen LogP contribution in [0.2, 0.25) is 0 Å². The van der Waals surface area contributed by atoms with E-state index in [1.54, 1.807) is 0 Å². The van der Waals surface area contributed by atoms with E-state index in [4.69, 9.17) is 4.74 Å². The zero-order valence-corrected chi connectivity index (χ0v) is 12.2. The Morgan fingerprint density at radius 3 is 2.65 bits per heavy atom. The minimum atomic E-state index is -1.10. The molecule has 0 bridgehead atoms. The van der Waals surface area contributed by atoms with Gasteiger partial charge in [-0.15, -0.1) is 0 Å². The zero-order chi connectivity index (χ0) is 17.0. The highest BCUT2D eigenvalue weighted by Crippen LogP contribution is 2.20. The fraction of sp³-hybridized carbons (Fsp3) is 0.214. The lowest BCUT2D eigenvalue weighted by Crippen LogP contribution is -2.24. The molecule has 1 heterocycles. The summed E-state index contributed by atoms with van der Waals surface area (Å²) in [7, 11) is 2.30.